The number of hydrogen-bond donors (Lipinski definition) is 1. The molecule has 0 heterocycles. The van der Waals surface area contributed by atoms with Crippen molar-refractivity contribution in [2.24, 2.45) is 0 Å². The number of halogens is 1. The fourth-order valence-electron chi connectivity index (χ4n) is 2.84. The van der Waals surface area contributed by atoms with E-state index in [1.54, 1.807) is 0 Å². The third-order valence-corrected chi connectivity index (χ3v) is 4.23. The first-order valence-electron chi connectivity index (χ1n) is 8.92. The van der Waals surface area contributed by atoms with Gasteiger partial charge in [0.25, 0.3) is 0 Å². The predicted molar refractivity (Wildman–Crippen MR) is 114 cm³/mol. The maximum Gasteiger partial charge on any atom is 0.119 e. The van der Waals surface area contributed by atoms with Gasteiger partial charge in [0.05, 0.1) is 0 Å². The van der Waals surface area contributed by atoms with E-state index in [1.165, 1.54) is 11.1 Å². The second-order valence-electron chi connectivity index (χ2n) is 6.48. The molecule has 3 nitrogen and oxygen atoms in total. The van der Waals surface area contributed by atoms with Crippen LogP contribution in [0.2, 0.25) is 0 Å². The van der Waals surface area contributed by atoms with Crippen LogP contribution in [0.4, 0.5) is 5.69 Å². The summed E-state index contributed by atoms with van der Waals surface area (Å²) in [6.07, 6.45) is -0.583. The molecule has 0 aliphatic rings. The molecule has 1 N–H and O–H groups in total. The summed E-state index contributed by atoms with van der Waals surface area (Å²) in [7, 11) is 0. The topological polar surface area (TPSA) is 32.7 Å². The Morgan fingerprint density at radius 2 is 1.44 bits per heavy atom. The zero-order valence-corrected chi connectivity index (χ0v) is 16.3. The lowest BCUT2D eigenvalue weighted by atomic mass is 10.2. The standard InChI is InChI=1S/C23H25NO2.ClH/c1-19-12-14-23(15-13-19)26-18-22(25)17-24(21-10-6-3-7-11-21)16-20-8-4-2-5-9-20;/h2-15,22,25H,16-18H2,1H3;1H. The Kier molecular flexibility index (Phi) is 8.18. The second-order valence-corrected chi connectivity index (χ2v) is 6.48. The molecule has 0 aliphatic heterocycles. The van der Waals surface area contributed by atoms with E-state index >= 15 is 0 Å². The molecule has 0 saturated heterocycles. The summed E-state index contributed by atoms with van der Waals surface area (Å²) in [6.45, 7) is 3.55. The Hall–Kier alpha value is -2.49. The molecular formula is C23H26ClNO2. The Morgan fingerprint density at radius 3 is 2.07 bits per heavy atom. The lowest BCUT2D eigenvalue weighted by Gasteiger charge is -2.27. The average molecular weight is 384 g/mol. The van der Waals surface area contributed by atoms with Crippen LogP contribution in [-0.2, 0) is 6.54 Å². The zero-order chi connectivity index (χ0) is 18.2. The number of anilines is 1. The maximum absolute atomic E-state index is 10.5. The minimum atomic E-state index is -0.583. The van der Waals surface area contributed by atoms with Gasteiger partial charge < -0.3 is 14.7 Å². The molecule has 3 aromatic carbocycles. The summed E-state index contributed by atoms with van der Waals surface area (Å²) < 4.78 is 5.73. The van der Waals surface area contributed by atoms with Crippen molar-refractivity contribution in [2.45, 2.75) is 19.6 Å². The molecule has 3 aromatic rings. The summed E-state index contributed by atoms with van der Waals surface area (Å²) in [5.74, 6) is 0.781. The van der Waals surface area contributed by atoms with Crippen LogP contribution in [0.1, 0.15) is 11.1 Å². The third kappa shape index (κ3) is 6.63. The van der Waals surface area contributed by atoms with Crippen LogP contribution >= 0.6 is 12.4 Å². The fraction of sp³-hybridized carbons (Fsp3) is 0.217. The van der Waals surface area contributed by atoms with Crippen molar-refractivity contribution in [3.8, 4) is 5.75 Å². The molecule has 0 spiro atoms. The monoisotopic (exact) mass is 383 g/mol. The van der Waals surface area contributed by atoms with Crippen LogP contribution in [0, 0.1) is 6.92 Å². The number of aliphatic hydroxyl groups excluding tert-OH is 1. The van der Waals surface area contributed by atoms with E-state index in [2.05, 4.69) is 29.2 Å². The summed E-state index contributed by atoms with van der Waals surface area (Å²) >= 11 is 0. The van der Waals surface area contributed by atoms with Crippen molar-refractivity contribution in [3.05, 3.63) is 96.1 Å². The maximum atomic E-state index is 10.5. The molecule has 4 heteroatoms. The normalized spacial score (nSPS) is 11.3. The van der Waals surface area contributed by atoms with Crippen molar-refractivity contribution in [1.82, 2.24) is 0 Å². The zero-order valence-electron chi connectivity index (χ0n) is 15.5. The molecule has 0 saturated carbocycles. The van der Waals surface area contributed by atoms with Gasteiger partial charge in [0.1, 0.15) is 18.5 Å². The number of hydrogen-bond acceptors (Lipinski definition) is 3. The Labute approximate surface area is 167 Å². The van der Waals surface area contributed by atoms with Gasteiger partial charge in [-0.3, -0.25) is 0 Å². The minimum Gasteiger partial charge on any atom is -0.491 e. The van der Waals surface area contributed by atoms with Crippen LogP contribution in [0.5, 0.6) is 5.75 Å². The molecule has 27 heavy (non-hydrogen) atoms. The smallest absolute Gasteiger partial charge is 0.119 e. The summed E-state index contributed by atoms with van der Waals surface area (Å²) in [5.41, 5.74) is 3.49. The van der Waals surface area contributed by atoms with E-state index in [0.717, 1.165) is 18.0 Å². The molecular weight excluding hydrogens is 358 g/mol. The van der Waals surface area contributed by atoms with Gasteiger partial charge in [-0.05, 0) is 36.8 Å². The molecule has 0 amide bonds. The van der Waals surface area contributed by atoms with Crippen LogP contribution in [0.3, 0.4) is 0 Å². The highest BCUT2D eigenvalue weighted by Crippen LogP contribution is 2.18. The highest BCUT2D eigenvalue weighted by molar-refractivity contribution is 5.85. The molecule has 142 valence electrons. The van der Waals surface area contributed by atoms with Gasteiger partial charge in [-0.1, -0.05) is 66.2 Å². The van der Waals surface area contributed by atoms with Crippen molar-refractivity contribution >= 4 is 18.1 Å². The molecule has 0 aliphatic carbocycles. The lowest BCUT2D eigenvalue weighted by Crippen LogP contribution is -2.35. The third-order valence-electron chi connectivity index (χ3n) is 4.23. The van der Waals surface area contributed by atoms with Crippen LogP contribution in [-0.4, -0.2) is 24.4 Å². The van der Waals surface area contributed by atoms with Gasteiger partial charge in [-0.15, -0.1) is 12.4 Å². The number of aryl methyl sites for hydroxylation is 1. The van der Waals surface area contributed by atoms with Gasteiger partial charge in [-0.2, -0.15) is 0 Å². The van der Waals surface area contributed by atoms with Gasteiger partial charge >= 0.3 is 0 Å². The number of nitrogens with zero attached hydrogens (tertiary/aromatic N) is 1. The van der Waals surface area contributed by atoms with E-state index in [0.29, 0.717) is 6.54 Å². The molecule has 1 atom stereocenters. The average Bonchev–Trinajstić information content (AvgIpc) is 2.68. The van der Waals surface area contributed by atoms with E-state index in [9.17, 15) is 5.11 Å². The van der Waals surface area contributed by atoms with Crippen molar-refractivity contribution in [1.29, 1.82) is 0 Å². The first-order chi connectivity index (χ1) is 12.7. The molecule has 0 aromatic heterocycles. The second kappa shape index (κ2) is 10.6. The Balaban J connectivity index is 0.00000261. The summed E-state index contributed by atoms with van der Waals surface area (Å²) in [6, 6.07) is 28.3. The van der Waals surface area contributed by atoms with Crippen molar-refractivity contribution in [3.63, 3.8) is 0 Å². The Morgan fingerprint density at radius 1 is 0.852 bits per heavy atom. The molecule has 1 unspecified atom stereocenters. The van der Waals surface area contributed by atoms with Crippen molar-refractivity contribution in [2.75, 3.05) is 18.1 Å². The molecule has 0 bridgehead atoms. The number of para-hydroxylation sites is 1. The number of aliphatic hydroxyl groups is 1. The quantitative estimate of drug-likeness (QED) is 0.602. The van der Waals surface area contributed by atoms with Gasteiger partial charge in [0.2, 0.25) is 0 Å². The number of rotatable bonds is 8. The SMILES string of the molecule is Cc1ccc(OCC(O)CN(Cc2ccccc2)c2ccccc2)cc1.Cl. The summed E-state index contributed by atoms with van der Waals surface area (Å²) in [4.78, 5) is 2.18. The fourth-order valence-corrected chi connectivity index (χ4v) is 2.84. The first kappa shape index (κ1) is 20.8. The summed E-state index contributed by atoms with van der Waals surface area (Å²) in [5, 5.41) is 10.5. The van der Waals surface area contributed by atoms with Gasteiger partial charge in [-0.25, -0.2) is 0 Å². The lowest BCUT2D eigenvalue weighted by molar-refractivity contribution is 0.112. The highest BCUT2D eigenvalue weighted by Gasteiger charge is 2.14. The minimum absolute atomic E-state index is 0. The van der Waals surface area contributed by atoms with E-state index < -0.39 is 6.10 Å². The van der Waals surface area contributed by atoms with Gasteiger partial charge in [0.15, 0.2) is 0 Å². The largest absolute Gasteiger partial charge is 0.491 e. The van der Waals surface area contributed by atoms with Crippen LogP contribution in [0.25, 0.3) is 0 Å². The van der Waals surface area contributed by atoms with Crippen LogP contribution in [0.15, 0.2) is 84.9 Å². The number of benzene rings is 3. The highest BCUT2D eigenvalue weighted by atomic mass is 35.5. The molecule has 0 radical (unpaired) electrons. The molecule has 0 fully saturated rings. The van der Waals surface area contributed by atoms with Crippen LogP contribution < -0.4 is 9.64 Å². The van der Waals surface area contributed by atoms with Gasteiger partial charge in [0, 0.05) is 18.8 Å². The van der Waals surface area contributed by atoms with E-state index in [-0.39, 0.29) is 19.0 Å². The first-order valence-corrected chi connectivity index (χ1v) is 8.92. The van der Waals surface area contributed by atoms with E-state index in [1.807, 2.05) is 67.6 Å². The van der Waals surface area contributed by atoms with E-state index in [4.69, 9.17) is 4.74 Å². The van der Waals surface area contributed by atoms with Crippen molar-refractivity contribution < 1.29 is 9.84 Å². The Bertz CT molecular complexity index is 778. The molecule has 3 rings (SSSR count). The number of ether oxygens (including phenoxy) is 1. The predicted octanol–water partition coefficient (Wildman–Crippen LogP) is 4.86.